The fourth-order valence-corrected chi connectivity index (χ4v) is 2.05. The number of hydrogen-bond acceptors (Lipinski definition) is 5. The lowest BCUT2D eigenvalue weighted by Gasteiger charge is -2.19. The van der Waals surface area contributed by atoms with Gasteiger partial charge < -0.3 is 15.6 Å². The minimum Gasteiger partial charge on any atom is -0.467 e. The molecule has 0 heterocycles. The number of nitrogen functional groups attached to an aromatic ring is 1. The van der Waals surface area contributed by atoms with Gasteiger partial charge in [0.05, 0.1) is 7.11 Å². The van der Waals surface area contributed by atoms with Gasteiger partial charge in [-0.1, -0.05) is 0 Å². The number of hydrogen-bond donors (Lipinski definition) is 2. The number of carbonyl (C=O) groups excluding carboxylic acids is 1. The Morgan fingerprint density at radius 1 is 1.65 bits per heavy atom. The lowest BCUT2D eigenvalue weighted by Crippen LogP contribution is -2.38. The molecule has 1 atom stereocenters. The van der Waals surface area contributed by atoms with Gasteiger partial charge in [-0.15, -0.1) is 11.8 Å². The molecule has 0 saturated heterocycles. The SMILES string of the molecule is COC(=O)C(C)(O)CSc1ccc(N)cc1F. The first-order chi connectivity index (χ1) is 7.86. The average molecular weight is 259 g/mol. The molecule has 0 saturated carbocycles. The largest absolute Gasteiger partial charge is 0.467 e. The summed E-state index contributed by atoms with van der Waals surface area (Å²) in [6.45, 7) is 1.32. The predicted octanol–water partition coefficient (Wildman–Crippen LogP) is 1.42. The Labute approximate surface area is 103 Å². The van der Waals surface area contributed by atoms with Gasteiger partial charge in [-0.2, -0.15) is 0 Å². The van der Waals surface area contributed by atoms with E-state index in [1.54, 1.807) is 6.07 Å². The zero-order valence-electron chi connectivity index (χ0n) is 9.57. The van der Waals surface area contributed by atoms with Gasteiger partial charge in [0, 0.05) is 16.3 Å². The Bertz CT molecular complexity index is 423. The standard InChI is InChI=1S/C11H14FNO3S/c1-11(15,10(14)16-2)6-17-9-4-3-7(13)5-8(9)12/h3-5,15H,6,13H2,1-2H3. The first-order valence-electron chi connectivity index (χ1n) is 4.85. The highest BCUT2D eigenvalue weighted by Gasteiger charge is 2.31. The second kappa shape index (κ2) is 5.37. The van der Waals surface area contributed by atoms with E-state index in [0.29, 0.717) is 10.6 Å². The van der Waals surface area contributed by atoms with E-state index in [0.717, 1.165) is 11.8 Å². The minimum absolute atomic E-state index is 0.000507. The first-order valence-corrected chi connectivity index (χ1v) is 5.84. The summed E-state index contributed by atoms with van der Waals surface area (Å²) in [6, 6.07) is 4.25. The molecule has 4 nitrogen and oxygen atoms in total. The summed E-state index contributed by atoms with van der Waals surface area (Å²) >= 11 is 1.02. The van der Waals surface area contributed by atoms with Gasteiger partial charge in [0.1, 0.15) is 5.82 Å². The van der Waals surface area contributed by atoms with Crippen molar-refractivity contribution in [1.29, 1.82) is 0 Å². The van der Waals surface area contributed by atoms with E-state index in [4.69, 9.17) is 5.73 Å². The molecule has 1 rings (SSSR count). The van der Waals surface area contributed by atoms with Gasteiger partial charge in [0.15, 0.2) is 5.60 Å². The van der Waals surface area contributed by atoms with Gasteiger partial charge in [-0.3, -0.25) is 0 Å². The van der Waals surface area contributed by atoms with Crippen LogP contribution in [0.2, 0.25) is 0 Å². The third kappa shape index (κ3) is 3.61. The molecule has 1 unspecified atom stereocenters. The summed E-state index contributed by atoms with van der Waals surface area (Å²) in [5.41, 5.74) is 4.09. The molecular formula is C11H14FNO3S. The molecule has 0 aromatic heterocycles. The third-order valence-corrected chi connectivity index (χ3v) is 3.44. The van der Waals surface area contributed by atoms with Crippen LogP contribution in [0.5, 0.6) is 0 Å². The quantitative estimate of drug-likeness (QED) is 0.486. The van der Waals surface area contributed by atoms with Crippen LogP contribution in [-0.2, 0) is 9.53 Å². The molecule has 0 aliphatic rings. The molecular weight excluding hydrogens is 245 g/mol. The average Bonchev–Trinajstić information content (AvgIpc) is 2.26. The topological polar surface area (TPSA) is 72.5 Å². The van der Waals surface area contributed by atoms with Crippen molar-refractivity contribution in [3.63, 3.8) is 0 Å². The molecule has 0 aliphatic carbocycles. The fourth-order valence-electron chi connectivity index (χ4n) is 1.13. The van der Waals surface area contributed by atoms with Gasteiger partial charge in [0.2, 0.25) is 0 Å². The zero-order valence-corrected chi connectivity index (χ0v) is 10.4. The van der Waals surface area contributed by atoms with Crippen molar-refractivity contribution in [2.45, 2.75) is 17.4 Å². The highest BCUT2D eigenvalue weighted by atomic mass is 32.2. The molecule has 0 aliphatic heterocycles. The molecule has 1 aromatic rings. The van der Waals surface area contributed by atoms with Gasteiger partial charge in [-0.05, 0) is 25.1 Å². The van der Waals surface area contributed by atoms with E-state index in [9.17, 15) is 14.3 Å². The van der Waals surface area contributed by atoms with E-state index >= 15 is 0 Å². The van der Waals surface area contributed by atoms with Crippen molar-refractivity contribution in [1.82, 2.24) is 0 Å². The Balaban J connectivity index is 2.70. The Hall–Kier alpha value is -1.27. The van der Waals surface area contributed by atoms with Crippen LogP contribution in [0.3, 0.4) is 0 Å². The normalized spacial score (nSPS) is 14.1. The molecule has 0 amide bonds. The zero-order chi connectivity index (χ0) is 13.1. The van der Waals surface area contributed by atoms with Crippen LogP contribution in [0, 0.1) is 5.82 Å². The van der Waals surface area contributed by atoms with Crippen LogP contribution in [0.1, 0.15) is 6.92 Å². The summed E-state index contributed by atoms with van der Waals surface area (Å²) in [5.74, 6) is -1.22. The van der Waals surface area contributed by atoms with Crippen molar-refractivity contribution in [2.75, 3.05) is 18.6 Å². The van der Waals surface area contributed by atoms with Crippen LogP contribution < -0.4 is 5.73 Å². The second-order valence-electron chi connectivity index (χ2n) is 3.74. The smallest absolute Gasteiger partial charge is 0.338 e. The van der Waals surface area contributed by atoms with Gasteiger partial charge >= 0.3 is 5.97 Å². The molecule has 17 heavy (non-hydrogen) atoms. The Kier molecular flexibility index (Phi) is 4.36. The summed E-state index contributed by atoms with van der Waals surface area (Å²) < 4.78 is 17.8. The molecule has 0 fully saturated rings. The Morgan fingerprint density at radius 3 is 2.82 bits per heavy atom. The number of thioether (sulfide) groups is 1. The predicted molar refractivity (Wildman–Crippen MR) is 64.2 cm³/mol. The number of carbonyl (C=O) groups is 1. The lowest BCUT2D eigenvalue weighted by atomic mass is 10.1. The van der Waals surface area contributed by atoms with Crippen LogP contribution in [0.4, 0.5) is 10.1 Å². The highest BCUT2D eigenvalue weighted by Crippen LogP contribution is 2.27. The maximum absolute atomic E-state index is 13.4. The second-order valence-corrected chi connectivity index (χ2v) is 4.76. The van der Waals surface area contributed by atoms with E-state index in [1.165, 1.54) is 26.2 Å². The molecule has 3 N–H and O–H groups in total. The molecule has 0 bridgehead atoms. The molecule has 6 heteroatoms. The van der Waals surface area contributed by atoms with Crippen LogP contribution in [-0.4, -0.2) is 29.5 Å². The van der Waals surface area contributed by atoms with E-state index in [-0.39, 0.29) is 5.75 Å². The van der Waals surface area contributed by atoms with Gasteiger partial charge in [-0.25, -0.2) is 9.18 Å². The summed E-state index contributed by atoms with van der Waals surface area (Å²) in [7, 11) is 1.19. The summed E-state index contributed by atoms with van der Waals surface area (Å²) in [5, 5.41) is 9.75. The van der Waals surface area contributed by atoms with E-state index in [1.807, 2.05) is 0 Å². The molecule has 94 valence electrons. The number of esters is 1. The van der Waals surface area contributed by atoms with Crippen LogP contribution >= 0.6 is 11.8 Å². The van der Waals surface area contributed by atoms with Crippen LogP contribution in [0.15, 0.2) is 23.1 Å². The number of anilines is 1. The lowest BCUT2D eigenvalue weighted by molar-refractivity contribution is -0.158. The fraction of sp³-hybridized carbons (Fsp3) is 0.364. The number of methoxy groups -OCH3 is 1. The molecule has 0 radical (unpaired) electrons. The number of aliphatic hydroxyl groups is 1. The number of benzene rings is 1. The number of rotatable bonds is 4. The van der Waals surface area contributed by atoms with Crippen molar-refractivity contribution >= 4 is 23.4 Å². The minimum atomic E-state index is -1.65. The van der Waals surface area contributed by atoms with Crippen molar-refractivity contribution in [3.8, 4) is 0 Å². The van der Waals surface area contributed by atoms with Crippen LogP contribution in [0.25, 0.3) is 0 Å². The number of nitrogens with two attached hydrogens (primary N) is 1. The molecule has 1 aromatic carbocycles. The van der Waals surface area contributed by atoms with Crippen molar-refractivity contribution in [3.05, 3.63) is 24.0 Å². The molecule has 0 spiro atoms. The maximum Gasteiger partial charge on any atom is 0.338 e. The Morgan fingerprint density at radius 2 is 2.29 bits per heavy atom. The first kappa shape index (κ1) is 13.8. The third-order valence-electron chi connectivity index (χ3n) is 2.09. The van der Waals surface area contributed by atoms with Gasteiger partial charge in [0.25, 0.3) is 0 Å². The summed E-state index contributed by atoms with van der Waals surface area (Å²) in [6.07, 6.45) is 0. The number of halogens is 1. The van der Waals surface area contributed by atoms with E-state index < -0.39 is 17.4 Å². The van der Waals surface area contributed by atoms with E-state index in [2.05, 4.69) is 4.74 Å². The highest BCUT2D eigenvalue weighted by molar-refractivity contribution is 7.99. The maximum atomic E-state index is 13.4. The number of ether oxygens (including phenoxy) is 1. The summed E-state index contributed by atoms with van der Waals surface area (Å²) in [4.78, 5) is 11.5. The monoisotopic (exact) mass is 259 g/mol. The van der Waals surface area contributed by atoms with Crippen molar-refractivity contribution < 1.29 is 19.0 Å². The van der Waals surface area contributed by atoms with Crippen molar-refractivity contribution in [2.24, 2.45) is 0 Å².